The summed E-state index contributed by atoms with van der Waals surface area (Å²) in [7, 11) is 1.86. The Morgan fingerprint density at radius 3 is 2.60 bits per heavy atom. The van der Waals surface area contributed by atoms with Crippen molar-refractivity contribution in [2.75, 3.05) is 11.1 Å². The second-order valence-corrected chi connectivity index (χ2v) is 9.43. The highest BCUT2D eigenvalue weighted by molar-refractivity contribution is 5.96. The Bertz CT molecular complexity index is 1890. The summed E-state index contributed by atoms with van der Waals surface area (Å²) in [5.74, 6) is 1.25. The first-order valence-electron chi connectivity index (χ1n) is 12.8. The topological polar surface area (TPSA) is 143 Å². The van der Waals surface area contributed by atoms with E-state index in [9.17, 15) is 4.79 Å². The van der Waals surface area contributed by atoms with Gasteiger partial charge >= 0.3 is 0 Å². The Morgan fingerprint density at radius 2 is 1.90 bits per heavy atom. The zero-order valence-electron chi connectivity index (χ0n) is 22.2. The Hall–Kier alpha value is -5.32. The van der Waals surface area contributed by atoms with Gasteiger partial charge in [-0.05, 0) is 35.6 Å². The molecule has 0 saturated carbocycles. The van der Waals surface area contributed by atoms with E-state index in [0.29, 0.717) is 29.1 Å². The predicted octanol–water partition coefficient (Wildman–Crippen LogP) is 4.69. The summed E-state index contributed by atoms with van der Waals surface area (Å²) >= 11 is 0. The molecule has 200 valence electrons. The Kier molecular flexibility index (Phi) is 6.31. The molecule has 0 aliphatic rings. The summed E-state index contributed by atoms with van der Waals surface area (Å²) in [5.41, 5.74) is 9.72. The van der Waals surface area contributed by atoms with Crippen molar-refractivity contribution in [1.82, 2.24) is 34.5 Å². The molecule has 4 aromatic heterocycles. The van der Waals surface area contributed by atoms with Gasteiger partial charge in [-0.15, -0.1) is 10.2 Å². The second-order valence-electron chi connectivity index (χ2n) is 9.43. The molecule has 6 rings (SSSR count). The minimum atomic E-state index is -0.337. The van der Waals surface area contributed by atoms with Crippen molar-refractivity contribution in [3.8, 4) is 28.3 Å². The summed E-state index contributed by atoms with van der Waals surface area (Å²) in [4.78, 5) is 23.0. The van der Waals surface area contributed by atoms with Crippen LogP contribution in [0.15, 0.2) is 82.5 Å². The second kappa shape index (κ2) is 10.1. The Balaban J connectivity index is 1.56. The van der Waals surface area contributed by atoms with Gasteiger partial charge in [0.15, 0.2) is 0 Å². The number of nitrogens with one attached hydrogen (secondary N) is 1. The van der Waals surface area contributed by atoms with Crippen LogP contribution >= 0.6 is 0 Å². The summed E-state index contributed by atoms with van der Waals surface area (Å²) in [6, 6.07) is 17.2. The number of hydrogen-bond acceptors (Lipinski definition) is 9. The zero-order valence-corrected chi connectivity index (χ0v) is 22.2. The van der Waals surface area contributed by atoms with Crippen molar-refractivity contribution < 1.29 is 4.42 Å². The molecule has 0 fully saturated rings. The number of rotatable bonds is 7. The van der Waals surface area contributed by atoms with Crippen LogP contribution in [-0.4, -0.2) is 34.5 Å². The molecule has 0 amide bonds. The van der Waals surface area contributed by atoms with Crippen molar-refractivity contribution >= 4 is 22.4 Å². The lowest BCUT2D eigenvalue weighted by atomic mass is 9.99. The number of nitrogen functional groups attached to an aromatic ring is 1. The number of anilines is 2. The first kappa shape index (κ1) is 25.0. The third-order valence-corrected chi connectivity index (χ3v) is 6.80. The van der Waals surface area contributed by atoms with E-state index < -0.39 is 0 Å². The molecular formula is C29H27N9O2. The number of aryl methyl sites for hydroxylation is 2. The lowest BCUT2D eigenvalue weighted by Crippen LogP contribution is -2.27. The number of benzene rings is 2. The minimum Gasteiger partial charge on any atom is -0.421 e. The monoisotopic (exact) mass is 533 g/mol. The van der Waals surface area contributed by atoms with Gasteiger partial charge < -0.3 is 15.5 Å². The van der Waals surface area contributed by atoms with E-state index in [1.165, 1.54) is 6.33 Å². The molecule has 11 nitrogen and oxygen atoms in total. The fourth-order valence-electron chi connectivity index (χ4n) is 4.95. The fraction of sp³-hybridized carbons (Fsp3) is 0.172. The van der Waals surface area contributed by atoms with Crippen LogP contribution in [0.25, 0.3) is 39.0 Å². The van der Waals surface area contributed by atoms with E-state index in [1.54, 1.807) is 22.4 Å². The SMILES string of the molecule is CC[C@H](Nc1ncnc(N)c1-c1nnc(C)o1)c1cc2cccc(-c3cnn(C)c3)c2c(=O)n1-c1ccccc1. The molecule has 3 N–H and O–H groups in total. The Morgan fingerprint density at radius 1 is 1.07 bits per heavy atom. The largest absolute Gasteiger partial charge is 0.421 e. The van der Waals surface area contributed by atoms with Crippen LogP contribution in [0.2, 0.25) is 0 Å². The van der Waals surface area contributed by atoms with E-state index in [2.05, 4.69) is 30.6 Å². The van der Waals surface area contributed by atoms with E-state index in [4.69, 9.17) is 10.2 Å². The van der Waals surface area contributed by atoms with E-state index >= 15 is 0 Å². The van der Waals surface area contributed by atoms with Crippen LogP contribution in [0, 0.1) is 6.92 Å². The van der Waals surface area contributed by atoms with Crippen molar-refractivity contribution in [3.63, 3.8) is 0 Å². The molecule has 0 spiro atoms. The molecule has 0 radical (unpaired) electrons. The van der Waals surface area contributed by atoms with Gasteiger partial charge in [0.25, 0.3) is 11.4 Å². The maximum atomic E-state index is 14.4. The highest BCUT2D eigenvalue weighted by Crippen LogP contribution is 2.34. The minimum absolute atomic E-state index is 0.131. The number of nitrogens with zero attached hydrogens (tertiary/aromatic N) is 7. The summed E-state index contributed by atoms with van der Waals surface area (Å²) < 4.78 is 9.14. The molecule has 0 bridgehead atoms. The van der Waals surface area contributed by atoms with Gasteiger partial charge in [-0.3, -0.25) is 14.0 Å². The number of aromatic nitrogens is 7. The lowest BCUT2D eigenvalue weighted by molar-refractivity contribution is 0.532. The average molecular weight is 534 g/mol. The van der Waals surface area contributed by atoms with Crippen LogP contribution in [0.5, 0.6) is 0 Å². The number of para-hydroxylation sites is 1. The van der Waals surface area contributed by atoms with Gasteiger partial charge in [0.1, 0.15) is 23.5 Å². The van der Waals surface area contributed by atoms with E-state index in [-0.39, 0.29) is 23.3 Å². The maximum absolute atomic E-state index is 14.4. The quantitative estimate of drug-likeness (QED) is 0.299. The van der Waals surface area contributed by atoms with Crippen molar-refractivity contribution in [2.24, 2.45) is 7.05 Å². The van der Waals surface area contributed by atoms with Crippen molar-refractivity contribution in [1.29, 1.82) is 0 Å². The lowest BCUT2D eigenvalue weighted by Gasteiger charge is -2.24. The van der Waals surface area contributed by atoms with Gasteiger partial charge in [-0.2, -0.15) is 5.10 Å². The molecule has 40 heavy (non-hydrogen) atoms. The molecule has 6 aromatic rings. The highest BCUT2D eigenvalue weighted by atomic mass is 16.4. The number of pyridine rings is 1. The third kappa shape index (κ3) is 4.37. The fourth-order valence-corrected chi connectivity index (χ4v) is 4.95. The molecular weight excluding hydrogens is 506 g/mol. The smallest absolute Gasteiger partial charge is 0.263 e. The first-order valence-corrected chi connectivity index (χ1v) is 12.8. The zero-order chi connectivity index (χ0) is 27.8. The van der Waals surface area contributed by atoms with Crippen LogP contribution in [-0.2, 0) is 7.05 Å². The molecule has 1 atom stereocenters. The predicted molar refractivity (Wildman–Crippen MR) is 153 cm³/mol. The molecule has 0 aliphatic heterocycles. The molecule has 0 saturated heterocycles. The molecule has 11 heteroatoms. The van der Waals surface area contributed by atoms with Gasteiger partial charge in [0.05, 0.1) is 17.6 Å². The Labute approximate surface area is 229 Å². The third-order valence-electron chi connectivity index (χ3n) is 6.80. The summed E-state index contributed by atoms with van der Waals surface area (Å²) in [6.07, 6.45) is 5.69. The average Bonchev–Trinajstić information content (AvgIpc) is 3.59. The van der Waals surface area contributed by atoms with Crippen LogP contribution in [0.3, 0.4) is 0 Å². The molecule has 2 aromatic carbocycles. The van der Waals surface area contributed by atoms with Gasteiger partial charge in [0, 0.05) is 37.1 Å². The maximum Gasteiger partial charge on any atom is 0.263 e. The van der Waals surface area contributed by atoms with Crippen LogP contribution < -0.4 is 16.6 Å². The highest BCUT2D eigenvalue weighted by Gasteiger charge is 2.24. The molecule has 0 aliphatic carbocycles. The number of nitrogens with two attached hydrogens (primary N) is 1. The van der Waals surface area contributed by atoms with Gasteiger partial charge in [-0.1, -0.05) is 43.3 Å². The number of fused-ring (bicyclic) bond motifs is 1. The summed E-state index contributed by atoms with van der Waals surface area (Å²) in [5, 5.41) is 17.3. The van der Waals surface area contributed by atoms with Gasteiger partial charge in [0.2, 0.25) is 5.89 Å². The molecule has 4 heterocycles. The van der Waals surface area contributed by atoms with Crippen molar-refractivity contribution in [3.05, 3.63) is 95.3 Å². The van der Waals surface area contributed by atoms with Gasteiger partial charge in [-0.25, -0.2) is 9.97 Å². The van der Waals surface area contributed by atoms with Crippen LogP contribution in [0.4, 0.5) is 11.6 Å². The normalized spacial score (nSPS) is 12.1. The van der Waals surface area contributed by atoms with Crippen LogP contribution in [0.1, 0.15) is 31.0 Å². The first-order chi connectivity index (χ1) is 19.4. The standard InChI is InChI=1S/C29H27N9O2/c1-4-22(34-27-25(26(30)31-16-32-27)28-36-35-17(2)40-28)23-13-18-9-8-12-21(19-14-33-37(3)15-19)24(18)29(39)38(23)20-10-6-5-7-11-20/h5-16,22H,4H2,1-3H3,(H3,30,31,32,34)/t22-/m0/s1. The number of hydrogen-bond donors (Lipinski definition) is 2. The van der Waals surface area contributed by atoms with Crippen molar-refractivity contribution in [2.45, 2.75) is 26.3 Å². The van der Waals surface area contributed by atoms with E-state index in [1.807, 2.05) is 74.8 Å². The summed E-state index contributed by atoms with van der Waals surface area (Å²) in [6.45, 7) is 3.74. The molecule has 0 unspecified atom stereocenters. The van der Waals surface area contributed by atoms with E-state index in [0.717, 1.165) is 27.9 Å².